The van der Waals surface area contributed by atoms with Gasteiger partial charge in [0.05, 0.1) is 38.7 Å². The molecule has 1 spiro atoms. The van der Waals surface area contributed by atoms with Crippen LogP contribution in [0.5, 0.6) is 0 Å². The third-order valence-electron chi connectivity index (χ3n) is 7.03. The molecule has 3 fully saturated rings. The summed E-state index contributed by atoms with van der Waals surface area (Å²) >= 11 is 0. The van der Waals surface area contributed by atoms with Gasteiger partial charge in [-0.2, -0.15) is 5.06 Å². The standard InChI is InChI=1S/C22H24N2O6/c1-11(8-16(25)28-2)18-17-12-10-30-20(19(17)26)22(9-14(12)23-18)13-6-4-5-7-15(13)24(29-3)21(22)27/h4-8,12,14,17,19-20,26H,9-10H2,1-3H3/b11-8-/t12-,14+,17-,19-,20-,22+/m1/s1. The highest BCUT2D eigenvalue weighted by Gasteiger charge is 2.67. The van der Waals surface area contributed by atoms with Crippen LogP contribution in [0.15, 0.2) is 40.9 Å². The molecule has 5 aliphatic rings. The fraction of sp³-hybridized carbons (Fsp3) is 0.500. The Bertz CT molecular complexity index is 988. The number of hydrogen-bond donors (Lipinski definition) is 1. The van der Waals surface area contributed by atoms with E-state index in [4.69, 9.17) is 19.3 Å². The molecule has 1 aliphatic carbocycles. The highest BCUT2D eigenvalue weighted by molar-refractivity contribution is 6.09. The Morgan fingerprint density at radius 3 is 2.87 bits per heavy atom. The van der Waals surface area contributed by atoms with Crippen LogP contribution in [0, 0.1) is 11.8 Å². The second-order valence-electron chi connectivity index (χ2n) is 8.34. The number of esters is 1. The fourth-order valence-corrected chi connectivity index (χ4v) is 5.77. The van der Waals surface area contributed by atoms with Gasteiger partial charge in [-0.25, -0.2) is 4.79 Å². The van der Waals surface area contributed by atoms with Crippen LogP contribution in [-0.2, 0) is 29.3 Å². The summed E-state index contributed by atoms with van der Waals surface area (Å²) < 4.78 is 10.9. The third-order valence-corrected chi connectivity index (χ3v) is 7.03. The van der Waals surface area contributed by atoms with Crippen LogP contribution in [0.4, 0.5) is 5.69 Å². The Morgan fingerprint density at radius 2 is 2.13 bits per heavy atom. The third kappa shape index (κ3) is 2.35. The Labute approximate surface area is 174 Å². The first-order valence-electron chi connectivity index (χ1n) is 10.1. The molecule has 0 radical (unpaired) electrons. The highest BCUT2D eigenvalue weighted by Crippen LogP contribution is 2.57. The van der Waals surface area contributed by atoms with Crippen molar-refractivity contribution < 1.29 is 29.0 Å². The monoisotopic (exact) mass is 412 g/mol. The topological polar surface area (TPSA) is 97.7 Å². The van der Waals surface area contributed by atoms with Crippen LogP contribution in [0.25, 0.3) is 0 Å². The number of ether oxygens (including phenoxy) is 2. The van der Waals surface area contributed by atoms with E-state index >= 15 is 0 Å². The van der Waals surface area contributed by atoms with Crippen molar-refractivity contribution in [3.63, 3.8) is 0 Å². The van der Waals surface area contributed by atoms with Gasteiger partial charge in [-0.3, -0.25) is 14.6 Å². The number of para-hydroxylation sites is 1. The Balaban J connectivity index is 1.64. The number of nitrogens with zero attached hydrogens (tertiary/aromatic N) is 2. The van der Waals surface area contributed by atoms with Crippen molar-refractivity contribution in [2.45, 2.75) is 37.0 Å². The minimum atomic E-state index is -1.06. The van der Waals surface area contributed by atoms with Crippen LogP contribution in [0.2, 0.25) is 0 Å². The molecule has 1 amide bonds. The van der Waals surface area contributed by atoms with Gasteiger partial charge in [0, 0.05) is 23.6 Å². The maximum atomic E-state index is 13.6. The first kappa shape index (κ1) is 19.4. The molecule has 1 aromatic rings. The van der Waals surface area contributed by atoms with Gasteiger partial charge < -0.3 is 14.6 Å². The molecule has 1 aromatic carbocycles. The molecule has 30 heavy (non-hydrogen) atoms. The van der Waals surface area contributed by atoms with Gasteiger partial charge in [0.25, 0.3) is 5.91 Å². The minimum absolute atomic E-state index is 0.0526. The molecule has 0 unspecified atom stereocenters. The van der Waals surface area contributed by atoms with E-state index in [9.17, 15) is 14.7 Å². The van der Waals surface area contributed by atoms with Crippen LogP contribution in [-0.4, -0.2) is 61.8 Å². The van der Waals surface area contributed by atoms with E-state index in [1.165, 1.54) is 25.4 Å². The molecule has 4 bridgehead atoms. The number of aliphatic hydroxyl groups is 1. The molecule has 8 nitrogen and oxygen atoms in total. The number of carbonyl (C=O) groups is 2. The van der Waals surface area contributed by atoms with E-state index < -0.39 is 23.6 Å². The zero-order chi connectivity index (χ0) is 21.2. The van der Waals surface area contributed by atoms with Crippen LogP contribution >= 0.6 is 0 Å². The van der Waals surface area contributed by atoms with Crippen molar-refractivity contribution in [3.8, 4) is 0 Å². The fourth-order valence-electron chi connectivity index (χ4n) is 5.77. The normalized spacial score (nSPS) is 36.7. The first-order chi connectivity index (χ1) is 14.4. The zero-order valence-corrected chi connectivity index (χ0v) is 17.1. The van der Waals surface area contributed by atoms with Gasteiger partial charge in [0.2, 0.25) is 0 Å². The second-order valence-corrected chi connectivity index (χ2v) is 8.34. The van der Waals surface area contributed by atoms with Crippen molar-refractivity contribution in [3.05, 3.63) is 41.5 Å². The van der Waals surface area contributed by atoms with E-state index in [1.807, 2.05) is 24.3 Å². The summed E-state index contributed by atoms with van der Waals surface area (Å²) in [4.78, 5) is 35.6. The van der Waals surface area contributed by atoms with Gasteiger partial charge in [-0.05, 0) is 30.5 Å². The highest BCUT2D eigenvalue weighted by atomic mass is 16.7. The quantitative estimate of drug-likeness (QED) is 0.591. The second kappa shape index (κ2) is 6.73. The molecule has 1 N–H and O–H groups in total. The largest absolute Gasteiger partial charge is 0.466 e. The first-order valence-corrected chi connectivity index (χ1v) is 10.1. The van der Waals surface area contributed by atoms with E-state index in [0.29, 0.717) is 30.0 Å². The van der Waals surface area contributed by atoms with Gasteiger partial charge >= 0.3 is 5.97 Å². The van der Waals surface area contributed by atoms with Crippen molar-refractivity contribution in [2.75, 3.05) is 25.9 Å². The van der Waals surface area contributed by atoms with E-state index in [1.54, 1.807) is 6.92 Å². The number of rotatable bonds is 3. The molecule has 2 saturated heterocycles. The summed E-state index contributed by atoms with van der Waals surface area (Å²) in [6.07, 6.45) is 0.148. The number of anilines is 1. The van der Waals surface area contributed by atoms with Crippen molar-refractivity contribution >= 4 is 23.3 Å². The molecule has 8 heteroatoms. The smallest absolute Gasteiger partial charge is 0.330 e. The lowest BCUT2D eigenvalue weighted by Gasteiger charge is -2.42. The predicted molar refractivity (Wildman–Crippen MR) is 107 cm³/mol. The maximum absolute atomic E-state index is 13.6. The lowest BCUT2D eigenvalue weighted by atomic mass is 9.70. The summed E-state index contributed by atoms with van der Waals surface area (Å²) in [7, 11) is 2.79. The zero-order valence-electron chi connectivity index (χ0n) is 17.1. The molecule has 4 aliphatic heterocycles. The van der Waals surface area contributed by atoms with Crippen molar-refractivity contribution in [1.29, 1.82) is 0 Å². The van der Waals surface area contributed by atoms with Crippen molar-refractivity contribution in [2.24, 2.45) is 16.8 Å². The van der Waals surface area contributed by atoms with Crippen LogP contribution in [0.1, 0.15) is 18.9 Å². The van der Waals surface area contributed by atoms with Gasteiger partial charge in [-0.15, -0.1) is 0 Å². The molecule has 6 rings (SSSR count). The number of aliphatic imine (C=N–C) groups is 1. The number of carbonyl (C=O) groups excluding carboxylic acids is 2. The SMILES string of the molecule is COC(=O)/C=C(/C)C1=N[C@H]2C[C@@]3(C(=O)N(OC)c4ccccc43)[C@@H]3OC[C@H]2[C@H]1[C@H]3O. The van der Waals surface area contributed by atoms with Gasteiger partial charge in [0.15, 0.2) is 0 Å². The van der Waals surface area contributed by atoms with Crippen molar-refractivity contribution in [1.82, 2.24) is 0 Å². The Morgan fingerprint density at radius 1 is 1.37 bits per heavy atom. The Hall–Kier alpha value is -2.55. The number of fused-ring (bicyclic) bond motifs is 2. The van der Waals surface area contributed by atoms with E-state index in [-0.39, 0.29) is 23.8 Å². The van der Waals surface area contributed by atoms with Gasteiger partial charge in [-0.1, -0.05) is 18.2 Å². The number of hydrogen-bond acceptors (Lipinski definition) is 7. The lowest BCUT2D eigenvalue weighted by Crippen LogP contribution is -2.58. The number of aliphatic hydroxyl groups excluding tert-OH is 1. The molecule has 0 aromatic heterocycles. The van der Waals surface area contributed by atoms with Gasteiger partial charge in [0.1, 0.15) is 11.5 Å². The molecule has 158 valence electrons. The molecule has 4 heterocycles. The number of benzene rings is 1. The van der Waals surface area contributed by atoms with Crippen LogP contribution in [0.3, 0.4) is 0 Å². The summed E-state index contributed by atoms with van der Waals surface area (Å²) in [6.45, 7) is 2.20. The molecular formula is C22H24N2O6. The van der Waals surface area contributed by atoms with E-state index in [0.717, 1.165) is 5.56 Å². The molecular weight excluding hydrogens is 388 g/mol. The van der Waals surface area contributed by atoms with E-state index in [2.05, 4.69) is 0 Å². The number of amides is 1. The summed E-state index contributed by atoms with van der Waals surface area (Å²) in [5.74, 6) is -1.05. The Kier molecular flexibility index (Phi) is 4.36. The summed E-state index contributed by atoms with van der Waals surface area (Å²) in [5, 5.41) is 12.7. The van der Waals surface area contributed by atoms with Crippen LogP contribution < -0.4 is 5.06 Å². The number of methoxy groups -OCH3 is 1. The maximum Gasteiger partial charge on any atom is 0.330 e. The summed E-state index contributed by atoms with van der Waals surface area (Å²) in [5.41, 5.74) is 1.79. The minimum Gasteiger partial charge on any atom is -0.466 e. The number of hydroxylamine groups is 1. The lowest BCUT2D eigenvalue weighted by molar-refractivity contribution is -0.152. The summed E-state index contributed by atoms with van der Waals surface area (Å²) in [6, 6.07) is 7.27. The number of allylic oxidation sites excluding steroid dienone is 1. The average Bonchev–Trinajstić information content (AvgIpc) is 3.13. The molecule has 1 saturated carbocycles. The molecule has 6 atom stereocenters. The average molecular weight is 412 g/mol. The predicted octanol–water partition coefficient (Wildman–Crippen LogP) is 1.17.